The first-order chi connectivity index (χ1) is 7.69. The van der Waals surface area contributed by atoms with Crippen LogP contribution in [0.3, 0.4) is 0 Å². The van der Waals surface area contributed by atoms with Gasteiger partial charge in [-0.1, -0.05) is 0 Å². The van der Waals surface area contributed by atoms with Gasteiger partial charge in [0.1, 0.15) is 0 Å². The summed E-state index contributed by atoms with van der Waals surface area (Å²) in [5.74, 6) is 1.08. The number of pyridine rings is 1. The summed E-state index contributed by atoms with van der Waals surface area (Å²) in [5, 5.41) is 4.21. The van der Waals surface area contributed by atoms with Gasteiger partial charge in [-0.2, -0.15) is 0 Å². The molecule has 0 unspecified atom stereocenters. The molecule has 2 aromatic heterocycles. The lowest BCUT2D eigenvalue weighted by Crippen LogP contribution is -1.97. The SMILES string of the molecule is CCn1ccc(Oc2ncc(N)cc2C)n1. The second-order valence-corrected chi connectivity index (χ2v) is 3.50. The van der Waals surface area contributed by atoms with Crippen LogP contribution in [0.5, 0.6) is 11.8 Å². The molecule has 2 heterocycles. The van der Waals surface area contributed by atoms with Gasteiger partial charge in [-0.25, -0.2) is 4.98 Å². The standard InChI is InChI=1S/C11H14N4O/c1-3-15-5-4-10(14-15)16-11-8(2)6-9(12)7-13-11/h4-7H,3,12H2,1-2H3. The Hall–Kier alpha value is -2.04. The van der Waals surface area contributed by atoms with Crippen molar-refractivity contribution in [3.05, 3.63) is 30.1 Å². The molecule has 0 saturated heterocycles. The van der Waals surface area contributed by atoms with Gasteiger partial charge in [0.05, 0.1) is 11.9 Å². The summed E-state index contributed by atoms with van der Waals surface area (Å²) in [7, 11) is 0. The summed E-state index contributed by atoms with van der Waals surface area (Å²) in [6.07, 6.45) is 3.43. The molecule has 2 aromatic rings. The van der Waals surface area contributed by atoms with Gasteiger partial charge >= 0.3 is 0 Å². The number of aromatic nitrogens is 3. The maximum atomic E-state index is 5.61. The van der Waals surface area contributed by atoms with E-state index < -0.39 is 0 Å². The van der Waals surface area contributed by atoms with Crippen molar-refractivity contribution in [3.63, 3.8) is 0 Å². The van der Waals surface area contributed by atoms with Crippen LogP contribution in [-0.2, 0) is 6.54 Å². The number of ether oxygens (including phenoxy) is 1. The zero-order valence-corrected chi connectivity index (χ0v) is 9.34. The molecule has 0 spiro atoms. The number of nitrogens with two attached hydrogens (primary N) is 1. The average Bonchev–Trinajstić information content (AvgIpc) is 2.70. The Kier molecular flexibility index (Phi) is 2.76. The minimum Gasteiger partial charge on any atom is -0.419 e. The van der Waals surface area contributed by atoms with Gasteiger partial charge in [0.25, 0.3) is 0 Å². The Balaban J connectivity index is 2.20. The van der Waals surface area contributed by atoms with Crippen LogP contribution in [0.15, 0.2) is 24.5 Å². The number of nitrogen functional groups attached to an aromatic ring is 1. The predicted molar refractivity (Wildman–Crippen MR) is 61.4 cm³/mol. The van der Waals surface area contributed by atoms with Crippen molar-refractivity contribution in [2.75, 3.05) is 5.73 Å². The lowest BCUT2D eigenvalue weighted by Gasteiger charge is -2.04. The third kappa shape index (κ3) is 2.13. The van der Waals surface area contributed by atoms with E-state index in [4.69, 9.17) is 10.5 Å². The summed E-state index contributed by atoms with van der Waals surface area (Å²) in [5.41, 5.74) is 7.13. The Morgan fingerprint density at radius 3 is 2.94 bits per heavy atom. The van der Waals surface area contributed by atoms with Crippen molar-refractivity contribution < 1.29 is 4.74 Å². The molecule has 16 heavy (non-hydrogen) atoms. The molecule has 0 aromatic carbocycles. The van der Waals surface area contributed by atoms with Gasteiger partial charge in [-0.3, -0.25) is 4.68 Å². The van der Waals surface area contributed by atoms with Crippen LogP contribution in [0.4, 0.5) is 5.69 Å². The molecule has 0 radical (unpaired) electrons. The Bertz CT molecular complexity index is 492. The van der Waals surface area contributed by atoms with Crippen molar-refractivity contribution >= 4 is 5.69 Å². The summed E-state index contributed by atoms with van der Waals surface area (Å²) < 4.78 is 7.34. The van der Waals surface area contributed by atoms with Crippen molar-refractivity contribution in [3.8, 4) is 11.8 Å². The number of nitrogens with zero attached hydrogens (tertiary/aromatic N) is 3. The highest BCUT2D eigenvalue weighted by Crippen LogP contribution is 2.22. The van der Waals surface area contributed by atoms with Crippen LogP contribution in [0, 0.1) is 6.92 Å². The summed E-state index contributed by atoms with van der Waals surface area (Å²) in [4.78, 5) is 4.11. The first-order valence-electron chi connectivity index (χ1n) is 5.12. The van der Waals surface area contributed by atoms with E-state index in [0.29, 0.717) is 17.4 Å². The molecule has 0 saturated carbocycles. The summed E-state index contributed by atoms with van der Waals surface area (Å²) in [6.45, 7) is 4.73. The van der Waals surface area contributed by atoms with Crippen LogP contribution in [0.25, 0.3) is 0 Å². The van der Waals surface area contributed by atoms with E-state index >= 15 is 0 Å². The molecule has 2 rings (SSSR count). The van der Waals surface area contributed by atoms with E-state index in [1.165, 1.54) is 0 Å². The van der Waals surface area contributed by atoms with E-state index in [9.17, 15) is 0 Å². The fourth-order valence-electron chi connectivity index (χ4n) is 1.36. The largest absolute Gasteiger partial charge is 0.419 e. The van der Waals surface area contributed by atoms with Gasteiger partial charge in [0.15, 0.2) is 0 Å². The van der Waals surface area contributed by atoms with Gasteiger partial charge in [0.2, 0.25) is 11.8 Å². The van der Waals surface area contributed by atoms with E-state index in [1.807, 2.05) is 26.1 Å². The number of anilines is 1. The second-order valence-electron chi connectivity index (χ2n) is 3.50. The summed E-state index contributed by atoms with van der Waals surface area (Å²) >= 11 is 0. The van der Waals surface area contributed by atoms with Crippen molar-refractivity contribution in [1.29, 1.82) is 0 Å². The number of rotatable bonds is 3. The molecule has 0 aliphatic carbocycles. The molecule has 5 nitrogen and oxygen atoms in total. The predicted octanol–water partition coefficient (Wildman–Crippen LogP) is 1.98. The zero-order chi connectivity index (χ0) is 11.5. The van der Waals surface area contributed by atoms with Crippen LogP contribution in [0.1, 0.15) is 12.5 Å². The maximum Gasteiger partial charge on any atom is 0.240 e. The Labute approximate surface area is 93.9 Å². The number of hydrogen-bond donors (Lipinski definition) is 1. The van der Waals surface area contributed by atoms with E-state index in [2.05, 4.69) is 10.1 Å². The smallest absolute Gasteiger partial charge is 0.240 e. The van der Waals surface area contributed by atoms with Gasteiger partial charge in [0, 0.05) is 24.4 Å². The molecule has 84 valence electrons. The number of hydrogen-bond acceptors (Lipinski definition) is 4. The first-order valence-corrected chi connectivity index (χ1v) is 5.12. The molecule has 0 aliphatic heterocycles. The fourth-order valence-corrected chi connectivity index (χ4v) is 1.36. The van der Waals surface area contributed by atoms with Gasteiger partial charge in [-0.05, 0) is 19.9 Å². The first kappa shape index (κ1) is 10.5. The van der Waals surface area contributed by atoms with Crippen LogP contribution >= 0.6 is 0 Å². The Morgan fingerprint density at radius 2 is 2.31 bits per heavy atom. The summed E-state index contributed by atoms with van der Waals surface area (Å²) in [6, 6.07) is 3.63. The molecule has 0 atom stereocenters. The Morgan fingerprint density at radius 1 is 1.50 bits per heavy atom. The van der Waals surface area contributed by atoms with Crippen LogP contribution in [0.2, 0.25) is 0 Å². The quantitative estimate of drug-likeness (QED) is 0.855. The lowest BCUT2D eigenvalue weighted by atomic mass is 10.3. The lowest BCUT2D eigenvalue weighted by molar-refractivity contribution is 0.430. The molecular formula is C11H14N4O. The molecular weight excluding hydrogens is 204 g/mol. The molecule has 0 fully saturated rings. The van der Waals surface area contributed by atoms with Crippen LogP contribution < -0.4 is 10.5 Å². The van der Waals surface area contributed by atoms with Crippen molar-refractivity contribution in [2.45, 2.75) is 20.4 Å². The third-order valence-corrected chi connectivity index (χ3v) is 2.19. The fraction of sp³-hybridized carbons (Fsp3) is 0.273. The van der Waals surface area contributed by atoms with E-state index in [0.717, 1.165) is 12.1 Å². The highest BCUT2D eigenvalue weighted by molar-refractivity contribution is 5.42. The minimum atomic E-state index is 0.538. The van der Waals surface area contributed by atoms with Gasteiger partial charge in [-0.15, -0.1) is 5.10 Å². The third-order valence-electron chi connectivity index (χ3n) is 2.19. The molecule has 0 aliphatic rings. The van der Waals surface area contributed by atoms with Crippen LogP contribution in [-0.4, -0.2) is 14.8 Å². The van der Waals surface area contributed by atoms with E-state index in [1.54, 1.807) is 16.9 Å². The minimum absolute atomic E-state index is 0.538. The topological polar surface area (TPSA) is 66.0 Å². The van der Waals surface area contributed by atoms with E-state index in [-0.39, 0.29) is 0 Å². The monoisotopic (exact) mass is 218 g/mol. The average molecular weight is 218 g/mol. The second kappa shape index (κ2) is 4.22. The molecule has 5 heteroatoms. The normalized spacial score (nSPS) is 10.4. The molecule has 0 amide bonds. The number of aryl methyl sites for hydroxylation is 2. The van der Waals surface area contributed by atoms with Gasteiger partial charge < -0.3 is 10.5 Å². The highest BCUT2D eigenvalue weighted by atomic mass is 16.5. The zero-order valence-electron chi connectivity index (χ0n) is 9.34. The van der Waals surface area contributed by atoms with Crippen molar-refractivity contribution in [2.24, 2.45) is 0 Å². The maximum absolute atomic E-state index is 5.61. The van der Waals surface area contributed by atoms with Crippen molar-refractivity contribution in [1.82, 2.24) is 14.8 Å². The molecule has 0 bridgehead atoms. The highest BCUT2D eigenvalue weighted by Gasteiger charge is 2.05. The molecule has 2 N–H and O–H groups in total.